The van der Waals surface area contributed by atoms with Gasteiger partial charge in [-0.15, -0.1) is 0 Å². The summed E-state index contributed by atoms with van der Waals surface area (Å²) in [6.45, 7) is 1.20. The van der Waals surface area contributed by atoms with Gasteiger partial charge in [0.25, 0.3) is 5.91 Å². The van der Waals surface area contributed by atoms with Gasteiger partial charge in [-0.25, -0.2) is 9.97 Å². The number of aliphatic hydroxyl groups excluding tert-OH is 1. The lowest BCUT2D eigenvalue weighted by Gasteiger charge is -2.37. The first-order valence-electron chi connectivity index (χ1n) is 9.19. The Hall–Kier alpha value is -2.54. The zero-order valence-corrected chi connectivity index (χ0v) is 14.6. The first-order valence-corrected chi connectivity index (χ1v) is 9.19. The molecule has 136 valence electrons. The highest BCUT2D eigenvalue weighted by molar-refractivity contribution is 5.92. The van der Waals surface area contributed by atoms with Crippen LogP contribution in [0.4, 0.5) is 5.82 Å². The van der Waals surface area contributed by atoms with Crippen LogP contribution in [0, 0.1) is 0 Å². The van der Waals surface area contributed by atoms with Crippen molar-refractivity contribution in [3.05, 3.63) is 47.7 Å². The van der Waals surface area contributed by atoms with Gasteiger partial charge in [-0.2, -0.15) is 0 Å². The number of hydrogen-bond donors (Lipinski definition) is 2. The second kappa shape index (κ2) is 7.37. The van der Waals surface area contributed by atoms with Gasteiger partial charge >= 0.3 is 0 Å². The van der Waals surface area contributed by atoms with Gasteiger partial charge < -0.3 is 15.3 Å². The fraction of sp³-hybridized carbons (Fsp3) is 0.474. The quantitative estimate of drug-likeness (QED) is 0.859. The highest BCUT2D eigenvalue weighted by atomic mass is 16.3. The largest absolute Gasteiger partial charge is 0.389 e. The Morgan fingerprint density at radius 3 is 2.92 bits per heavy atom. The van der Waals surface area contributed by atoms with E-state index in [-0.39, 0.29) is 17.6 Å². The molecule has 1 saturated heterocycles. The third-order valence-corrected chi connectivity index (χ3v) is 5.18. The normalized spacial score (nSPS) is 22.6. The number of fused-ring (bicyclic) bond motifs is 1. The van der Waals surface area contributed by atoms with Gasteiger partial charge in [0, 0.05) is 31.2 Å². The molecule has 7 nitrogen and oxygen atoms in total. The minimum atomic E-state index is -0.651. The number of nitrogens with zero attached hydrogens (tertiary/aromatic N) is 4. The van der Waals surface area contributed by atoms with Gasteiger partial charge in [0.15, 0.2) is 0 Å². The SMILES string of the molecule is O=C(N[C@@H]1CCN(c2ccc3c(n2)CCCC3)C[C@H]1O)c1cnccn1. The second-order valence-electron chi connectivity index (χ2n) is 6.96. The van der Waals surface area contributed by atoms with Crippen LogP contribution >= 0.6 is 0 Å². The molecule has 2 aliphatic rings. The Labute approximate surface area is 152 Å². The monoisotopic (exact) mass is 353 g/mol. The molecule has 0 aromatic carbocycles. The molecule has 0 unspecified atom stereocenters. The van der Waals surface area contributed by atoms with Crippen molar-refractivity contribution in [1.29, 1.82) is 0 Å². The number of pyridine rings is 1. The average molecular weight is 353 g/mol. The van der Waals surface area contributed by atoms with E-state index < -0.39 is 6.10 Å². The van der Waals surface area contributed by atoms with Crippen molar-refractivity contribution >= 4 is 11.7 Å². The smallest absolute Gasteiger partial charge is 0.271 e. The van der Waals surface area contributed by atoms with E-state index >= 15 is 0 Å². The summed E-state index contributed by atoms with van der Waals surface area (Å²) in [5, 5.41) is 13.4. The maximum Gasteiger partial charge on any atom is 0.271 e. The number of carbonyl (C=O) groups excluding carboxylic acids is 1. The fourth-order valence-corrected chi connectivity index (χ4v) is 3.71. The Balaban J connectivity index is 1.40. The third-order valence-electron chi connectivity index (χ3n) is 5.18. The number of piperidine rings is 1. The molecule has 1 fully saturated rings. The molecule has 1 amide bonds. The molecule has 0 saturated carbocycles. The molecule has 4 rings (SSSR count). The standard InChI is InChI=1S/C19H23N5O2/c25-17-12-24(18-6-5-13-3-1-2-4-14(13)22-18)10-7-15(17)23-19(26)16-11-20-8-9-21-16/h5-6,8-9,11,15,17,25H,1-4,7,10,12H2,(H,23,26)/t15-,17-/m1/s1. The Bertz CT molecular complexity index is 783. The lowest BCUT2D eigenvalue weighted by Crippen LogP contribution is -2.54. The number of anilines is 1. The van der Waals surface area contributed by atoms with Crippen LogP contribution in [-0.2, 0) is 12.8 Å². The summed E-state index contributed by atoms with van der Waals surface area (Å²) >= 11 is 0. The van der Waals surface area contributed by atoms with Gasteiger partial charge in [0.2, 0.25) is 0 Å². The molecule has 1 aliphatic heterocycles. The van der Waals surface area contributed by atoms with Gasteiger partial charge in [-0.3, -0.25) is 9.78 Å². The number of rotatable bonds is 3. The lowest BCUT2D eigenvalue weighted by atomic mass is 9.96. The first-order chi connectivity index (χ1) is 12.7. The molecular formula is C19H23N5O2. The number of aliphatic hydroxyl groups is 1. The molecule has 0 radical (unpaired) electrons. The van der Waals surface area contributed by atoms with Crippen molar-refractivity contribution in [1.82, 2.24) is 20.3 Å². The van der Waals surface area contributed by atoms with Gasteiger partial charge in [-0.05, 0) is 43.7 Å². The van der Waals surface area contributed by atoms with Crippen molar-refractivity contribution in [2.45, 2.75) is 44.2 Å². The van der Waals surface area contributed by atoms with Gasteiger partial charge in [0.05, 0.1) is 18.3 Å². The molecule has 2 N–H and O–H groups in total. The maximum absolute atomic E-state index is 12.2. The average Bonchev–Trinajstić information content (AvgIpc) is 2.69. The van der Waals surface area contributed by atoms with E-state index in [1.165, 1.54) is 42.7 Å². The third kappa shape index (κ3) is 3.53. The Morgan fingerprint density at radius 2 is 2.12 bits per heavy atom. The first kappa shape index (κ1) is 16.9. The van der Waals surface area contributed by atoms with Crippen molar-refractivity contribution in [2.75, 3.05) is 18.0 Å². The summed E-state index contributed by atoms with van der Waals surface area (Å²) in [6, 6.07) is 3.93. The van der Waals surface area contributed by atoms with Crippen LogP contribution in [0.5, 0.6) is 0 Å². The van der Waals surface area contributed by atoms with E-state index in [1.807, 2.05) is 0 Å². The minimum Gasteiger partial charge on any atom is -0.389 e. The molecule has 7 heteroatoms. The van der Waals surface area contributed by atoms with Crippen LogP contribution in [-0.4, -0.2) is 51.2 Å². The van der Waals surface area contributed by atoms with Crippen molar-refractivity contribution < 1.29 is 9.90 Å². The number of carbonyl (C=O) groups is 1. The Kier molecular flexibility index (Phi) is 4.79. The van der Waals surface area contributed by atoms with Crippen LogP contribution in [0.1, 0.15) is 41.0 Å². The van der Waals surface area contributed by atoms with Crippen molar-refractivity contribution in [3.8, 4) is 0 Å². The highest BCUT2D eigenvalue weighted by Crippen LogP contribution is 2.24. The summed E-state index contributed by atoms with van der Waals surface area (Å²) < 4.78 is 0. The summed E-state index contributed by atoms with van der Waals surface area (Å²) in [6.07, 6.45) is 9.03. The zero-order valence-electron chi connectivity index (χ0n) is 14.6. The topological polar surface area (TPSA) is 91.2 Å². The van der Waals surface area contributed by atoms with Crippen molar-refractivity contribution in [3.63, 3.8) is 0 Å². The van der Waals surface area contributed by atoms with Gasteiger partial charge in [-0.1, -0.05) is 6.07 Å². The van der Waals surface area contributed by atoms with E-state index in [2.05, 4.69) is 32.3 Å². The molecule has 2 aromatic heterocycles. The van der Waals surface area contributed by atoms with Crippen LogP contribution in [0.25, 0.3) is 0 Å². The molecular weight excluding hydrogens is 330 g/mol. The molecule has 2 atom stereocenters. The molecule has 0 bridgehead atoms. The fourth-order valence-electron chi connectivity index (χ4n) is 3.71. The van der Waals surface area contributed by atoms with E-state index in [0.29, 0.717) is 13.0 Å². The van der Waals surface area contributed by atoms with E-state index in [4.69, 9.17) is 4.98 Å². The molecule has 0 spiro atoms. The van der Waals surface area contributed by atoms with Crippen molar-refractivity contribution in [2.24, 2.45) is 0 Å². The summed E-state index contributed by atoms with van der Waals surface area (Å²) in [4.78, 5) is 27.0. The number of hydrogen-bond acceptors (Lipinski definition) is 6. The molecule has 2 aromatic rings. The minimum absolute atomic E-state index is 0.262. The van der Waals surface area contributed by atoms with E-state index in [1.54, 1.807) is 0 Å². The van der Waals surface area contributed by atoms with Crippen LogP contribution in [0.3, 0.4) is 0 Å². The number of β-amino-alcohol motifs (C(OH)–C–C–N with tert-alkyl or cyclic N) is 1. The number of aryl methyl sites for hydroxylation is 2. The van der Waals surface area contributed by atoms with E-state index in [0.717, 1.165) is 25.2 Å². The second-order valence-corrected chi connectivity index (χ2v) is 6.96. The van der Waals surface area contributed by atoms with Crippen LogP contribution in [0.15, 0.2) is 30.7 Å². The Morgan fingerprint density at radius 1 is 1.23 bits per heavy atom. The summed E-state index contributed by atoms with van der Waals surface area (Å²) in [5.74, 6) is 0.617. The predicted octanol–water partition coefficient (Wildman–Crippen LogP) is 1.12. The summed E-state index contributed by atoms with van der Waals surface area (Å²) in [7, 11) is 0. The van der Waals surface area contributed by atoms with E-state index in [9.17, 15) is 9.90 Å². The zero-order chi connectivity index (χ0) is 17.9. The van der Waals surface area contributed by atoms with Gasteiger partial charge in [0.1, 0.15) is 11.5 Å². The highest BCUT2D eigenvalue weighted by Gasteiger charge is 2.30. The molecule has 1 aliphatic carbocycles. The predicted molar refractivity (Wildman–Crippen MR) is 97.0 cm³/mol. The summed E-state index contributed by atoms with van der Waals surface area (Å²) in [5.41, 5.74) is 2.81. The maximum atomic E-state index is 12.2. The van der Waals surface area contributed by atoms with Crippen LogP contribution < -0.4 is 10.2 Å². The lowest BCUT2D eigenvalue weighted by molar-refractivity contribution is 0.0793. The molecule has 3 heterocycles. The number of amides is 1. The molecule has 26 heavy (non-hydrogen) atoms. The number of nitrogens with one attached hydrogen (secondary N) is 1. The van der Waals surface area contributed by atoms with Crippen LogP contribution in [0.2, 0.25) is 0 Å². The number of aromatic nitrogens is 3.